The smallest absolute Gasteiger partial charge is 0.152 e. The van der Waals surface area contributed by atoms with Gasteiger partial charge in [-0.2, -0.15) is 10.2 Å². The number of hydrogen-bond donors (Lipinski definition) is 0. The van der Waals surface area contributed by atoms with E-state index < -0.39 is 0 Å². The molecule has 4 nitrogen and oxygen atoms in total. The number of hydrogen-bond acceptors (Lipinski definition) is 4. The standard InChI is InChI=1S/C14H16N2O2/c1-4-12(6-5-11(2)17)15-16-13-7-9-14(18-3)10-8-13/h4-10H,1-3H3/b6-5-,12-4+,16-15?. The predicted octanol–water partition coefficient (Wildman–Crippen LogP) is 3.83. The van der Waals surface area contributed by atoms with E-state index in [-0.39, 0.29) is 5.78 Å². The van der Waals surface area contributed by atoms with Gasteiger partial charge in [0, 0.05) is 0 Å². The molecule has 0 aliphatic carbocycles. The molecule has 94 valence electrons. The number of carbonyl (C=O) groups excluding carboxylic acids is 1. The number of rotatable bonds is 5. The zero-order valence-electron chi connectivity index (χ0n) is 10.8. The van der Waals surface area contributed by atoms with Crippen molar-refractivity contribution in [2.45, 2.75) is 13.8 Å². The Kier molecular flexibility index (Phi) is 5.51. The van der Waals surface area contributed by atoms with Crippen LogP contribution in [0.25, 0.3) is 0 Å². The number of nitrogens with zero attached hydrogens (tertiary/aromatic N) is 2. The summed E-state index contributed by atoms with van der Waals surface area (Å²) in [7, 11) is 1.61. The van der Waals surface area contributed by atoms with Gasteiger partial charge >= 0.3 is 0 Å². The van der Waals surface area contributed by atoms with E-state index in [4.69, 9.17) is 4.74 Å². The first-order valence-corrected chi connectivity index (χ1v) is 5.56. The molecule has 0 aliphatic heterocycles. The van der Waals surface area contributed by atoms with Gasteiger partial charge in [-0.25, -0.2) is 0 Å². The number of azo groups is 1. The van der Waals surface area contributed by atoms with Gasteiger partial charge in [0.15, 0.2) is 5.78 Å². The molecule has 0 amide bonds. The summed E-state index contributed by atoms with van der Waals surface area (Å²) in [5, 5.41) is 8.12. The van der Waals surface area contributed by atoms with Crippen molar-refractivity contribution in [2.75, 3.05) is 7.11 Å². The van der Waals surface area contributed by atoms with E-state index in [1.165, 1.54) is 13.0 Å². The molecule has 0 radical (unpaired) electrons. The molecular formula is C14H16N2O2. The maximum atomic E-state index is 10.8. The highest BCUT2D eigenvalue weighted by Gasteiger charge is 1.93. The van der Waals surface area contributed by atoms with Crippen LogP contribution in [0.4, 0.5) is 5.69 Å². The first-order valence-electron chi connectivity index (χ1n) is 5.56. The predicted molar refractivity (Wildman–Crippen MR) is 71.1 cm³/mol. The molecule has 1 aromatic rings. The second-order valence-corrected chi connectivity index (χ2v) is 3.56. The van der Waals surface area contributed by atoms with Crippen LogP contribution in [0.5, 0.6) is 5.75 Å². The lowest BCUT2D eigenvalue weighted by molar-refractivity contribution is -0.112. The van der Waals surface area contributed by atoms with Crippen LogP contribution in [-0.4, -0.2) is 12.9 Å². The van der Waals surface area contributed by atoms with Gasteiger partial charge in [-0.15, -0.1) is 0 Å². The molecule has 0 unspecified atom stereocenters. The second kappa shape index (κ2) is 7.17. The summed E-state index contributed by atoms with van der Waals surface area (Å²) >= 11 is 0. The first kappa shape index (κ1) is 13.8. The Balaban J connectivity index is 2.74. The van der Waals surface area contributed by atoms with Gasteiger partial charge in [-0.1, -0.05) is 6.08 Å². The van der Waals surface area contributed by atoms with Crippen molar-refractivity contribution in [1.29, 1.82) is 0 Å². The van der Waals surface area contributed by atoms with Crippen LogP contribution in [0.3, 0.4) is 0 Å². The number of carbonyl (C=O) groups is 1. The number of allylic oxidation sites excluding steroid dienone is 3. The zero-order valence-corrected chi connectivity index (χ0v) is 10.8. The molecule has 0 atom stereocenters. The summed E-state index contributed by atoms with van der Waals surface area (Å²) in [6, 6.07) is 7.25. The molecule has 0 bridgehead atoms. The quantitative estimate of drug-likeness (QED) is 0.449. The summed E-state index contributed by atoms with van der Waals surface area (Å²) in [4.78, 5) is 10.8. The van der Waals surface area contributed by atoms with Crippen molar-refractivity contribution in [1.82, 2.24) is 0 Å². The van der Waals surface area contributed by atoms with E-state index in [2.05, 4.69) is 10.2 Å². The molecule has 1 aromatic carbocycles. The van der Waals surface area contributed by atoms with Crippen molar-refractivity contribution >= 4 is 11.5 Å². The van der Waals surface area contributed by atoms with Crippen LogP contribution in [0, 0.1) is 0 Å². The summed E-state index contributed by atoms with van der Waals surface area (Å²) in [5.74, 6) is 0.755. The minimum absolute atomic E-state index is 0.0194. The lowest BCUT2D eigenvalue weighted by Crippen LogP contribution is -1.81. The fourth-order valence-electron chi connectivity index (χ4n) is 1.15. The number of ether oxygens (including phenoxy) is 1. The molecule has 0 fully saturated rings. The molecule has 0 saturated carbocycles. The van der Waals surface area contributed by atoms with Crippen LogP contribution >= 0.6 is 0 Å². The molecule has 0 N–H and O–H groups in total. The maximum absolute atomic E-state index is 10.8. The van der Waals surface area contributed by atoms with E-state index in [0.717, 1.165) is 11.4 Å². The highest BCUT2D eigenvalue weighted by molar-refractivity contribution is 5.87. The van der Waals surface area contributed by atoms with Gasteiger partial charge in [-0.05, 0) is 50.3 Å². The second-order valence-electron chi connectivity index (χ2n) is 3.56. The Hall–Kier alpha value is -2.23. The monoisotopic (exact) mass is 244 g/mol. The zero-order chi connectivity index (χ0) is 13.4. The van der Waals surface area contributed by atoms with Crippen molar-refractivity contribution < 1.29 is 9.53 Å². The summed E-state index contributed by atoms with van der Waals surface area (Å²) in [6.07, 6.45) is 4.88. The van der Waals surface area contributed by atoms with Crippen LogP contribution in [0.2, 0.25) is 0 Å². The SMILES string of the molecule is C/C=C(\C=C/C(C)=O)N=Nc1ccc(OC)cc1. The number of benzene rings is 1. The maximum Gasteiger partial charge on any atom is 0.152 e. The Bertz CT molecular complexity index is 485. The highest BCUT2D eigenvalue weighted by Crippen LogP contribution is 2.18. The molecule has 18 heavy (non-hydrogen) atoms. The molecular weight excluding hydrogens is 228 g/mol. The fraction of sp³-hybridized carbons (Fsp3) is 0.214. The van der Waals surface area contributed by atoms with Gasteiger partial charge in [-0.3, -0.25) is 4.79 Å². The van der Waals surface area contributed by atoms with Gasteiger partial charge in [0.2, 0.25) is 0 Å². The van der Waals surface area contributed by atoms with Crippen molar-refractivity contribution in [3.05, 3.63) is 48.2 Å². The van der Waals surface area contributed by atoms with Gasteiger partial charge < -0.3 is 4.74 Å². The average molecular weight is 244 g/mol. The lowest BCUT2D eigenvalue weighted by Gasteiger charge is -1.98. The Labute approximate surface area is 107 Å². The Morgan fingerprint density at radius 3 is 2.39 bits per heavy atom. The first-order chi connectivity index (χ1) is 8.65. The normalized spacial score (nSPS) is 12.3. The number of methoxy groups -OCH3 is 1. The summed E-state index contributed by atoms with van der Waals surface area (Å²) < 4.78 is 5.05. The van der Waals surface area contributed by atoms with Crippen molar-refractivity contribution in [2.24, 2.45) is 10.2 Å². The molecule has 0 spiro atoms. The minimum atomic E-state index is -0.0194. The summed E-state index contributed by atoms with van der Waals surface area (Å²) in [6.45, 7) is 3.33. The molecule has 0 saturated heterocycles. The van der Waals surface area contributed by atoms with Crippen molar-refractivity contribution in [3.8, 4) is 5.75 Å². The van der Waals surface area contributed by atoms with Crippen LogP contribution in [-0.2, 0) is 4.79 Å². The molecule has 1 rings (SSSR count). The van der Waals surface area contributed by atoms with E-state index in [9.17, 15) is 4.79 Å². The lowest BCUT2D eigenvalue weighted by atomic mass is 10.3. The molecule has 0 heterocycles. The van der Waals surface area contributed by atoms with E-state index >= 15 is 0 Å². The van der Waals surface area contributed by atoms with Crippen LogP contribution < -0.4 is 4.74 Å². The highest BCUT2D eigenvalue weighted by atomic mass is 16.5. The van der Waals surface area contributed by atoms with E-state index in [0.29, 0.717) is 5.70 Å². The molecule has 4 heteroatoms. The van der Waals surface area contributed by atoms with Crippen LogP contribution in [0.15, 0.2) is 58.4 Å². The Morgan fingerprint density at radius 2 is 1.89 bits per heavy atom. The average Bonchev–Trinajstić information content (AvgIpc) is 2.39. The third-order valence-electron chi connectivity index (χ3n) is 2.14. The third-order valence-corrected chi connectivity index (χ3v) is 2.14. The van der Waals surface area contributed by atoms with Gasteiger partial charge in [0.05, 0.1) is 18.5 Å². The fourth-order valence-corrected chi connectivity index (χ4v) is 1.15. The molecule has 0 aliphatic rings. The molecule has 0 aromatic heterocycles. The van der Waals surface area contributed by atoms with E-state index in [1.54, 1.807) is 19.3 Å². The van der Waals surface area contributed by atoms with E-state index in [1.807, 2.05) is 31.2 Å². The topological polar surface area (TPSA) is 51.0 Å². The van der Waals surface area contributed by atoms with Crippen molar-refractivity contribution in [3.63, 3.8) is 0 Å². The largest absolute Gasteiger partial charge is 0.497 e. The summed E-state index contributed by atoms with van der Waals surface area (Å²) in [5.41, 5.74) is 1.37. The number of ketones is 1. The van der Waals surface area contributed by atoms with Gasteiger partial charge in [0.25, 0.3) is 0 Å². The van der Waals surface area contributed by atoms with Gasteiger partial charge in [0.1, 0.15) is 5.75 Å². The third kappa shape index (κ3) is 4.74. The Morgan fingerprint density at radius 1 is 1.22 bits per heavy atom. The van der Waals surface area contributed by atoms with Crippen LogP contribution in [0.1, 0.15) is 13.8 Å². The minimum Gasteiger partial charge on any atom is -0.497 e.